The van der Waals surface area contributed by atoms with Crippen molar-refractivity contribution >= 4 is 72.6 Å². The molecule has 0 atom stereocenters. The van der Waals surface area contributed by atoms with Gasteiger partial charge < -0.3 is 4.42 Å². The van der Waals surface area contributed by atoms with Gasteiger partial charge in [0, 0.05) is 32.8 Å². The molecular formula is C40H25N3O. The number of hydrogen-bond acceptors (Lipinski definition) is 3. The zero-order chi connectivity index (χ0) is 29.2. The number of rotatable bonds is 4. The molecule has 206 valence electrons. The summed E-state index contributed by atoms with van der Waals surface area (Å²) in [5.74, 6) is 0. The van der Waals surface area contributed by atoms with Gasteiger partial charge in [0.2, 0.25) is 0 Å². The van der Waals surface area contributed by atoms with Gasteiger partial charge in [-0.05, 0) is 58.1 Å². The van der Waals surface area contributed by atoms with Crippen molar-refractivity contribution < 1.29 is 4.42 Å². The Morgan fingerprint density at radius 3 is 2.16 bits per heavy atom. The van der Waals surface area contributed by atoms with Gasteiger partial charge in [0.15, 0.2) is 0 Å². The average Bonchev–Trinajstić information content (AvgIpc) is 3.46. The third-order valence-electron chi connectivity index (χ3n) is 8.71. The summed E-state index contributed by atoms with van der Waals surface area (Å²) in [5.41, 5.74) is 8.90. The summed E-state index contributed by atoms with van der Waals surface area (Å²) in [4.78, 5) is 7.28. The molecule has 1 aliphatic rings. The first kappa shape index (κ1) is 24.6. The van der Waals surface area contributed by atoms with Gasteiger partial charge in [-0.2, -0.15) is 0 Å². The van der Waals surface area contributed by atoms with E-state index >= 15 is 0 Å². The number of anilines is 2. The number of aliphatic imine (C=N–C) groups is 1. The fourth-order valence-corrected chi connectivity index (χ4v) is 6.69. The third kappa shape index (κ3) is 3.64. The second-order valence-electron chi connectivity index (χ2n) is 11.2. The SMILES string of the molecule is N=C(c1ccccc1N=CN1c2cc3ccccc3cc2-c2cccc3cccc1c23)c1cccc2oc3ccccc3c12. The van der Waals surface area contributed by atoms with Gasteiger partial charge in [-0.15, -0.1) is 0 Å². The lowest BCUT2D eigenvalue weighted by molar-refractivity contribution is 0.669. The molecule has 4 heteroatoms. The molecule has 0 unspecified atom stereocenters. The van der Waals surface area contributed by atoms with E-state index in [4.69, 9.17) is 9.41 Å². The molecule has 0 amide bonds. The second kappa shape index (κ2) is 9.51. The van der Waals surface area contributed by atoms with Gasteiger partial charge >= 0.3 is 0 Å². The lowest BCUT2D eigenvalue weighted by Crippen LogP contribution is -2.18. The molecule has 0 saturated heterocycles. The third-order valence-corrected chi connectivity index (χ3v) is 8.71. The molecule has 0 fully saturated rings. The van der Waals surface area contributed by atoms with Gasteiger partial charge in [-0.1, -0.05) is 103 Å². The van der Waals surface area contributed by atoms with E-state index in [1.165, 1.54) is 32.7 Å². The monoisotopic (exact) mass is 563 g/mol. The van der Waals surface area contributed by atoms with Gasteiger partial charge in [0.25, 0.3) is 0 Å². The van der Waals surface area contributed by atoms with Crippen LogP contribution in [0.25, 0.3) is 54.6 Å². The van der Waals surface area contributed by atoms with Crippen molar-refractivity contribution in [3.8, 4) is 11.1 Å². The lowest BCUT2D eigenvalue weighted by Gasteiger charge is -2.30. The number of nitrogens with zero attached hydrogens (tertiary/aromatic N) is 2. The Hall–Kier alpha value is -6.00. The molecule has 0 bridgehead atoms. The first-order valence-electron chi connectivity index (χ1n) is 14.7. The van der Waals surface area contributed by atoms with Crippen LogP contribution in [0, 0.1) is 5.41 Å². The van der Waals surface area contributed by atoms with Crippen molar-refractivity contribution in [2.24, 2.45) is 4.99 Å². The summed E-state index contributed by atoms with van der Waals surface area (Å²) in [6.07, 6.45) is 1.91. The number of nitrogens with one attached hydrogen (secondary N) is 1. The van der Waals surface area contributed by atoms with Crippen LogP contribution in [-0.4, -0.2) is 12.1 Å². The van der Waals surface area contributed by atoms with Crippen molar-refractivity contribution in [1.82, 2.24) is 0 Å². The van der Waals surface area contributed by atoms with Crippen LogP contribution in [0.15, 0.2) is 149 Å². The van der Waals surface area contributed by atoms with Crippen molar-refractivity contribution in [3.63, 3.8) is 0 Å². The van der Waals surface area contributed by atoms with Crippen LogP contribution >= 0.6 is 0 Å². The van der Waals surface area contributed by atoms with Gasteiger partial charge in [0.05, 0.1) is 22.8 Å². The quantitative estimate of drug-likeness (QED) is 0.171. The van der Waals surface area contributed by atoms with E-state index in [1.54, 1.807) is 0 Å². The summed E-state index contributed by atoms with van der Waals surface area (Å²) in [5, 5.41) is 16.1. The summed E-state index contributed by atoms with van der Waals surface area (Å²) in [6, 6.07) is 47.8. The molecule has 7 aromatic carbocycles. The standard InChI is InChI=1S/C40H25N3O/c41-40(31-17-9-21-37-39(31)30-15-4-6-20-36(30)44-37)29-14-3-5-18-33(29)42-24-43-34-19-8-13-25-12-7-16-28(38(25)34)32-22-26-10-1-2-11-27(26)23-35(32)43/h1-24,41H. The van der Waals surface area contributed by atoms with E-state index in [2.05, 4.69) is 83.8 Å². The summed E-state index contributed by atoms with van der Waals surface area (Å²) >= 11 is 0. The van der Waals surface area contributed by atoms with E-state index in [9.17, 15) is 5.41 Å². The van der Waals surface area contributed by atoms with Crippen molar-refractivity contribution in [2.45, 2.75) is 0 Å². The molecule has 4 nitrogen and oxygen atoms in total. The Morgan fingerprint density at radius 2 is 1.25 bits per heavy atom. The van der Waals surface area contributed by atoms with Crippen molar-refractivity contribution in [2.75, 3.05) is 4.90 Å². The van der Waals surface area contributed by atoms with Gasteiger partial charge in [-0.25, -0.2) is 4.99 Å². The maximum Gasteiger partial charge on any atom is 0.136 e. The second-order valence-corrected chi connectivity index (χ2v) is 11.2. The minimum absolute atomic E-state index is 0.410. The largest absolute Gasteiger partial charge is 0.456 e. The topological polar surface area (TPSA) is 52.6 Å². The van der Waals surface area contributed by atoms with E-state index < -0.39 is 0 Å². The Labute approximate surface area is 253 Å². The molecular weight excluding hydrogens is 538 g/mol. The molecule has 1 aromatic heterocycles. The highest BCUT2D eigenvalue weighted by Crippen LogP contribution is 2.48. The zero-order valence-corrected chi connectivity index (χ0v) is 23.7. The molecule has 0 saturated carbocycles. The molecule has 0 radical (unpaired) electrons. The predicted molar refractivity (Wildman–Crippen MR) is 183 cm³/mol. The number of hydrogen-bond donors (Lipinski definition) is 1. The molecule has 1 aliphatic heterocycles. The lowest BCUT2D eigenvalue weighted by atomic mass is 9.90. The molecule has 2 heterocycles. The predicted octanol–water partition coefficient (Wildman–Crippen LogP) is 10.8. The number of benzene rings is 7. The smallest absolute Gasteiger partial charge is 0.136 e. The number of para-hydroxylation sites is 2. The van der Waals surface area contributed by atoms with Gasteiger partial charge in [0.1, 0.15) is 17.5 Å². The van der Waals surface area contributed by atoms with E-state index in [-0.39, 0.29) is 0 Å². The van der Waals surface area contributed by atoms with Crippen LogP contribution in [0.5, 0.6) is 0 Å². The Morgan fingerprint density at radius 1 is 0.568 bits per heavy atom. The van der Waals surface area contributed by atoms with Crippen LogP contribution in [0.4, 0.5) is 17.1 Å². The van der Waals surface area contributed by atoms with Crippen molar-refractivity contribution in [1.29, 1.82) is 5.41 Å². The molecule has 9 rings (SSSR count). The molecule has 1 N–H and O–H groups in total. The Kier molecular flexibility index (Phi) is 5.32. The fourth-order valence-electron chi connectivity index (χ4n) is 6.69. The highest BCUT2D eigenvalue weighted by molar-refractivity contribution is 6.24. The maximum absolute atomic E-state index is 9.40. The van der Waals surface area contributed by atoms with E-state index in [0.717, 1.165) is 50.1 Å². The minimum Gasteiger partial charge on any atom is -0.456 e. The van der Waals surface area contributed by atoms with Gasteiger partial charge in [-0.3, -0.25) is 10.3 Å². The first-order chi connectivity index (χ1) is 21.7. The molecule has 0 spiro atoms. The van der Waals surface area contributed by atoms with E-state index in [0.29, 0.717) is 5.71 Å². The van der Waals surface area contributed by atoms with Crippen LogP contribution in [0.1, 0.15) is 11.1 Å². The number of furan rings is 1. The maximum atomic E-state index is 9.40. The van der Waals surface area contributed by atoms with Crippen LogP contribution in [0.2, 0.25) is 0 Å². The zero-order valence-electron chi connectivity index (χ0n) is 23.7. The molecule has 8 aromatic rings. The Balaban J connectivity index is 1.21. The highest BCUT2D eigenvalue weighted by atomic mass is 16.3. The Bertz CT molecular complexity index is 2480. The minimum atomic E-state index is 0.410. The first-order valence-corrected chi connectivity index (χ1v) is 14.7. The van der Waals surface area contributed by atoms with Crippen LogP contribution < -0.4 is 4.90 Å². The molecule has 0 aliphatic carbocycles. The van der Waals surface area contributed by atoms with Crippen molar-refractivity contribution in [3.05, 3.63) is 151 Å². The van der Waals surface area contributed by atoms with Crippen LogP contribution in [-0.2, 0) is 0 Å². The fraction of sp³-hybridized carbons (Fsp3) is 0. The normalized spacial score (nSPS) is 12.5. The van der Waals surface area contributed by atoms with E-state index in [1.807, 2.05) is 67.0 Å². The summed E-state index contributed by atoms with van der Waals surface area (Å²) in [6.45, 7) is 0. The molecule has 44 heavy (non-hydrogen) atoms. The van der Waals surface area contributed by atoms with Crippen LogP contribution in [0.3, 0.4) is 0 Å². The highest BCUT2D eigenvalue weighted by Gasteiger charge is 2.24. The summed E-state index contributed by atoms with van der Waals surface area (Å²) in [7, 11) is 0. The summed E-state index contributed by atoms with van der Waals surface area (Å²) < 4.78 is 6.12. The number of fused-ring (bicyclic) bond motifs is 6. The average molecular weight is 564 g/mol.